The smallest absolute Gasteiger partial charge is 0.322 e. The van der Waals surface area contributed by atoms with E-state index >= 15 is 0 Å². The molecule has 4 amide bonds. The van der Waals surface area contributed by atoms with E-state index in [9.17, 15) is 18.8 Å². The predicted molar refractivity (Wildman–Crippen MR) is 104 cm³/mol. The van der Waals surface area contributed by atoms with Crippen molar-refractivity contribution in [3.05, 3.63) is 54.0 Å². The van der Waals surface area contributed by atoms with Crippen molar-refractivity contribution in [3.63, 3.8) is 0 Å². The monoisotopic (exact) mass is 412 g/mol. The van der Waals surface area contributed by atoms with E-state index in [-0.39, 0.29) is 23.5 Å². The number of carbonyl (C=O) groups is 3. The molecule has 2 heterocycles. The summed E-state index contributed by atoms with van der Waals surface area (Å²) >= 11 is 0. The lowest BCUT2D eigenvalue weighted by molar-refractivity contribution is -0.130. The molecule has 2 fully saturated rings. The predicted octanol–water partition coefficient (Wildman–Crippen LogP) is 2.40. The Balaban J connectivity index is 1.29. The maximum absolute atomic E-state index is 13.0. The summed E-state index contributed by atoms with van der Waals surface area (Å²) in [5, 5.41) is 7.87. The number of ether oxygens (including phenoxy) is 1. The number of nitrogens with one attached hydrogen (secondary N) is 3. The number of urea groups is 1. The molecule has 1 aliphatic heterocycles. The molecule has 4 rings (SSSR count). The van der Waals surface area contributed by atoms with Gasteiger partial charge in [0, 0.05) is 24.7 Å². The lowest BCUT2D eigenvalue weighted by atomic mass is 9.76. The first-order chi connectivity index (χ1) is 14.4. The Bertz CT molecular complexity index is 971. The highest BCUT2D eigenvalue weighted by atomic mass is 19.1. The topological polar surface area (TPSA) is 109 Å². The highest BCUT2D eigenvalue weighted by Crippen LogP contribution is 2.34. The van der Waals surface area contributed by atoms with Crippen LogP contribution in [-0.4, -0.2) is 28.4 Å². The van der Waals surface area contributed by atoms with Gasteiger partial charge in [-0.15, -0.1) is 0 Å². The van der Waals surface area contributed by atoms with Crippen LogP contribution in [-0.2, 0) is 16.1 Å². The minimum absolute atomic E-state index is 0.0904. The van der Waals surface area contributed by atoms with E-state index in [1.807, 2.05) is 0 Å². The number of hydrogen-bond donors (Lipinski definition) is 3. The van der Waals surface area contributed by atoms with E-state index in [4.69, 9.17) is 4.74 Å². The van der Waals surface area contributed by atoms with Gasteiger partial charge >= 0.3 is 6.03 Å². The molecule has 2 aliphatic rings. The van der Waals surface area contributed by atoms with Crippen LogP contribution in [0.3, 0.4) is 0 Å². The first-order valence-electron chi connectivity index (χ1n) is 9.73. The summed E-state index contributed by atoms with van der Waals surface area (Å²) in [5.41, 5.74) is -0.0591. The Hall–Kier alpha value is -3.49. The summed E-state index contributed by atoms with van der Waals surface area (Å²) in [4.78, 5) is 40.1. The Morgan fingerprint density at radius 3 is 2.60 bits per heavy atom. The Morgan fingerprint density at radius 1 is 1.20 bits per heavy atom. The average Bonchev–Trinajstić information content (AvgIpc) is 3.01. The zero-order valence-electron chi connectivity index (χ0n) is 16.1. The van der Waals surface area contributed by atoms with Crippen LogP contribution in [0.25, 0.3) is 0 Å². The largest absolute Gasteiger partial charge is 0.439 e. The molecule has 1 aliphatic carbocycles. The molecule has 1 aromatic heterocycles. The quantitative estimate of drug-likeness (QED) is 0.654. The van der Waals surface area contributed by atoms with Gasteiger partial charge in [-0.3, -0.25) is 14.9 Å². The Labute approximate surface area is 172 Å². The maximum Gasteiger partial charge on any atom is 0.322 e. The van der Waals surface area contributed by atoms with Crippen molar-refractivity contribution in [1.29, 1.82) is 0 Å². The molecular weight excluding hydrogens is 391 g/mol. The zero-order valence-corrected chi connectivity index (χ0v) is 16.1. The van der Waals surface area contributed by atoms with Crippen LogP contribution < -0.4 is 20.7 Å². The number of carbonyl (C=O) groups excluding carboxylic acids is 3. The van der Waals surface area contributed by atoms with E-state index in [2.05, 4.69) is 20.9 Å². The van der Waals surface area contributed by atoms with Gasteiger partial charge in [-0.25, -0.2) is 14.2 Å². The third-order valence-electron chi connectivity index (χ3n) is 5.53. The summed E-state index contributed by atoms with van der Waals surface area (Å²) in [6, 6.07) is 8.62. The van der Waals surface area contributed by atoms with Gasteiger partial charge in [0.2, 0.25) is 11.8 Å². The van der Waals surface area contributed by atoms with E-state index in [1.165, 1.54) is 24.3 Å². The Morgan fingerprint density at radius 2 is 1.93 bits per heavy atom. The van der Waals surface area contributed by atoms with Crippen molar-refractivity contribution >= 4 is 17.8 Å². The third-order valence-corrected chi connectivity index (χ3v) is 5.53. The number of amides is 4. The second-order valence-electron chi connectivity index (χ2n) is 7.54. The maximum atomic E-state index is 13.0. The minimum atomic E-state index is -0.869. The number of halogens is 1. The average molecular weight is 412 g/mol. The van der Waals surface area contributed by atoms with Gasteiger partial charge in [0.05, 0.1) is 0 Å². The molecule has 1 aromatic carbocycles. The number of benzene rings is 1. The molecule has 1 saturated carbocycles. The molecule has 0 radical (unpaired) electrons. The van der Waals surface area contributed by atoms with Crippen LogP contribution >= 0.6 is 0 Å². The van der Waals surface area contributed by atoms with Gasteiger partial charge in [0.1, 0.15) is 17.1 Å². The molecule has 1 spiro atoms. The van der Waals surface area contributed by atoms with Crippen LogP contribution in [0, 0.1) is 11.7 Å². The molecule has 0 unspecified atom stereocenters. The highest BCUT2D eigenvalue weighted by Gasteiger charge is 2.48. The molecule has 156 valence electrons. The SMILES string of the molecule is O=C1NC(=O)C2(CCC(C(=O)NCc3ccnc(Oc4ccc(F)cc4)c3)CC2)N1. The van der Waals surface area contributed by atoms with E-state index < -0.39 is 11.6 Å². The van der Waals surface area contributed by atoms with Crippen LogP contribution in [0.15, 0.2) is 42.6 Å². The molecule has 8 nitrogen and oxygen atoms in total. The van der Waals surface area contributed by atoms with Crippen LogP contribution in [0.2, 0.25) is 0 Å². The lowest BCUT2D eigenvalue weighted by Crippen LogP contribution is -2.50. The molecule has 1 saturated heterocycles. The van der Waals surface area contributed by atoms with E-state index in [0.717, 1.165) is 5.56 Å². The molecular formula is C21H21FN4O4. The van der Waals surface area contributed by atoms with Crippen LogP contribution in [0.4, 0.5) is 9.18 Å². The number of imide groups is 1. The molecule has 0 bridgehead atoms. The fourth-order valence-corrected chi connectivity index (χ4v) is 3.83. The third kappa shape index (κ3) is 4.24. The number of nitrogens with zero attached hydrogens (tertiary/aromatic N) is 1. The van der Waals surface area contributed by atoms with Gasteiger partial charge < -0.3 is 15.4 Å². The van der Waals surface area contributed by atoms with Gasteiger partial charge in [-0.2, -0.15) is 0 Å². The van der Waals surface area contributed by atoms with Gasteiger partial charge in [-0.1, -0.05) is 0 Å². The number of rotatable bonds is 5. The van der Waals surface area contributed by atoms with Crippen molar-refractivity contribution in [1.82, 2.24) is 20.9 Å². The van der Waals surface area contributed by atoms with Crippen molar-refractivity contribution in [2.45, 2.75) is 37.8 Å². The van der Waals surface area contributed by atoms with E-state index in [1.54, 1.807) is 18.3 Å². The minimum Gasteiger partial charge on any atom is -0.439 e. The summed E-state index contributed by atoms with van der Waals surface area (Å²) in [6.07, 6.45) is 3.50. The lowest BCUT2D eigenvalue weighted by Gasteiger charge is -2.33. The summed E-state index contributed by atoms with van der Waals surface area (Å²) in [5.74, 6) is -0.154. The zero-order chi connectivity index (χ0) is 21.1. The fraction of sp³-hybridized carbons (Fsp3) is 0.333. The summed E-state index contributed by atoms with van der Waals surface area (Å²) in [6.45, 7) is 0.306. The van der Waals surface area contributed by atoms with Crippen LogP contribution in [0.5, 0.6) is 11.6 Å². The van der Waals surface area contributed by atoms with Gasteiger partial charge in [0.15, 0.2) is 0 Å². The number of hydrogen-bond acceptors (Lipinski definition) is 5. The summed E-state index contributed by atoms with van der Waals surface area (Å²) in [7, 11) is 0. The molecule has 3 N–H and O–H groups in total. The fourth-order valence-electron chi connectivity index (χ4n) is 3.83. The number of pyridine rings is 1. The highest BCUT2D eigenvalue weighted by molar-refractivity contribution is 6.07. The van der Waals surface area contributed by atoms with Crippen molar-refractivity contribution in [2.75, 3.05) is 0 Å². The molecule has 2 aromatic rings. The first kappa shape index (κ1) is 19.8. The van der Waals surface area contributed by atoms with Gasteiger partial charge in [-0.05, 0) is 61.6 Å². The van der Waals surface area contributed by atoms with E-state index in [0.29, 0.717) is 43.9 Å². The van der Waals surface area contributed by atoms with Crippen LogP contribution in [0.1, 0.15) is 31.2 Å². The first-order valence-corrected chi connectivity index (χ1v) is 9.73. The van der Waals surface area contributed by atoms with Crippen molar-refractivity contribution < 1.29 is 23.5 Å². The number of aromatic nitrogens is 1. The normalized spacial score (nSPS) is 23.0. The second kappa shape index (κ2) is 8.10. The molecule has 0 atom stereocenters. The molecule has 9 heteroatoms. The summed E-state index contributed by atoms with van der Waals surface area (Å²) < 4.78 is 18.6. The second-order valence-corrected chi connectivity index (χ2v) is 7.54. The Kier molecular flexibility index (Phi) is 5.35. The van der Waals surface area contributed by atoms with Gasteiger partial charge in [0.25, 0.3) is 5.91 Å². The molecule has 30 heavy (non-hydrogen) atoms. The van der Waals surface area contributed by atoms with Crippen molar-refractivity contribution in [2.24, 2.45) is 5.92 Å². The van der Waals surface area contributed by atoms with Crippen molar-refractivity contribution in [3.8, 4) is 11.6 Å². The standard InChI is InChI=1S/C21H21FN4O4/c22-15-1-3-16(4-2-15)30-17-11-13(7-10-23-17)12-24-18(27)14-5-8-21(9-6-14)19(28)25-20(29)26-21/h1-4,7,10-11,14H,5-6,8-9,12H2,(H,24,27)(H2,25,26,28,29).